The Morgan fingerprint density at radius 3 is 2.70 bits per heavy atom. The van der Waals surface area contributed by atoms with Crippen molar-refractivity contribution in [2.24, 2.45) is 0 Å². The zero-order valence-electron chi connectivity index (χ0n) is 20.4. The third kappa shape index (κ3) is 5.34. The second-order valence-electron chi connectivity index (χ2n) is 9.28. The lowest BCUT2D eigenvalue weighted by atomic mass is 9.92. The molecule has 1 unspecified atom stereocenters. The zero-order chi connectivity index (χ0) is 25.9. The van der Waals surface area contributed by atoms with Crippen molar-refractivity contribution in [2.45, 2.75) is 37.8 Å². The quantitative estimate of drug-likeness (QED) is 0.261. The Morgan fingerprint density at radius 2 is 2.00 bits per heavy atom. The molecule has 4 N–H and O–H groups in total. The van der Waals surface area contributed by atoms with Crippen LogP contribution in [-0.2, 0) is 11.2 Å². The number of carbonyl (C=O) groups is 1. The number of methoxy groups -OCH3 is 1. The number of rotatable bonds is 8. The normalized spacial score (nSPS) is 16.4. The van der Waals surface area contributed by atoms with Gasteiger partial charge in [0.15, 0.2) is 0 Å². The van der Waals surface area contributed by atoms with Crippen LogP contribution in [0.5, 0.6) is 11.5 Å². The van der Waals surface area contributed by atoms with E-state index in [0.29, 0.717) is 29.8 Å². The van der Waals surface area contributed by atoms with Gasteiger partial charge in [0, 0.05) is 28.9 Å². The van der Waals surface area contributed by atoms with Gasteiger partial charge in [-0.3, -0.25) is 4.79 Å². The van der Waals surface area contributed by atoms with E-state index in [1.165, 1.54) is 12.1 Å². The van der Waals surface area contributed by atoms with Crippen molar-refractivity contribution in [1.82, 2.24) is 15.3 Å². The van der Waals surface area contributed by atoms with Crippen LogP contribution >= 0.6 is 0 Å². The molecule has 0 fully saturated rings. The highest BCUT2D eigenvalue weighted by Gasteiger charge is 2.24. The van der Waals surface area contributed by atoms with E-state index in [-0.39, 0.29) is 17.6 Å². The fraction of sp³-hybridized carbons (Fsp3) is 0.241. The number of ether oxygens (including phenoxy) is 1. The molecule has 4 aromatic rings. The van der Waals surface area contributed by atoms with Gasteiger partial charge in [-0.2, -0.15) is 0 Å². The number of aromatic hydroxyl groups is 1. The Bertz CT molecular complexity index is 1460. The molecule has 0 saturated carbocycles. The molecule has 2 aromatic carbocycles. The van der Waals surface area contributed by atoms with E-state index in [9.17, 15) is 19.4 Å². The number of allylic oxidation sites excluding steroid dienone is 1. The molecule has 37 heavy (non-hydrogen) atoms. The maximum Gasteiger partial charge on any atom is 0.321 e. The summed E-state index contributed by atoms with van der Waals surface area (Å²) in [5.41, 5.74) is 5.14. The predicted molar refractivity (Wildman–Crippen MR) is 140 cm³/mol. The number of carboxylic acids is 1. The first kappa shape index (κ1) is 24.5. The number of H-pyrrole nitrogens is 1. The van der Waals surface area contributed by atoms with Gasteiger partial charge in [-0.25, -0.2) is 9.37 Å². The minimum Gasteiger partial charge on any atom is -0.508 e. The van der Waals surface area contributed by atoms with Crippen LogP contribution in [-0.4, -0.2) is 45.3 Å². The zero-order valence-corrected chi connectivity index (χ0v) is 20.4. The van der Waals surface area contributed by atoms with Gasteiger partial charge in [-0.05, 0) is 84.8 Å². The van der Waals surface area contributed by atoms with E-state index in [1.807, 2.05) is 12.1 Å². The average Bonchev–Trinajstić information content (AvgIpc) is 3.34. The maximum atomic E-state index is 14.0. The van der Waals surface area contributed by atoms with E-state index in [4.69, 9.17) is 4.74 Å². The summed E-state index contributed by atoms with van der Waals surface area (Å²) in [6.45, 7) is 0. The van der Waals surface area contributed by atoms with Gasteiger partial charge in [0.2, 0.25) is 0 Å². The van der Waals surface area contributed by atoms with Gasteiger partial charge >= 0.3 is 5.97 Å². The monoisotopic (exact) mass is 501 g/mol. The minimum absolute atomic E-state index is 0.0385. The number of halogens is 1. The molecule has 0 bridgehead atoms. The molecule has 8 heteroatoms. The van der Waals surface area contributed by atoms with Crippen LogP contribution in [0.25, 0.3) is 27.7 Å². The second kappa shape index (κ2) is 10.4. The Morgan fingerprint density at radius 1 is 1.19 bits per heavy atom. The topological polar surface area (TPSA) is 107 Å². The van der Waals surface area contributed by atoms with E-state index in [1.54, 1.807) is 43.6 Å². The standard InChI is InChI=1S/C29H28FN3O4/c1-37-27-11-6-19(30)15-23(27)22-12-13-31-28-24(22)16-25(33-28)18-4-7-20(8-5-18)32-26(29(35)36)14-17-2-9-21(34)10-3-17/h2-4,6,9-13,15-16,20,26,32,34H,5,7-8,14H2,1H3,(H,31,33)(H,35,36)/t20?,26-/m0/s1. The number of benzene rings is 2. The molecular formula is C29H28FN3O4. The van der Waals surface area contributed by atoms with Gasteiger partial charge in [0.05, 0.1) is 7.11 Å². The van der Waals surface area contributed by atoms with Crippen LogP contribution in [0.3, 0.4) is 0 Å². The fourth-order valence-corrected chi connectivity index (χ4v) is 4.93. The van der Waals surface area contributed by atoms with Crippen molar-refractivity contribution in [2.75, 3.05) is 7.11 Å². The molecular weight excluding hydrogens is 473 g/mol. The number of hydrogen-bond acceptors (Lipinski definition) is 5. The highest BCUT2D eigenvalue weighted by atomic mass is 19.1. The summed E-state index contributed by atoms with van der Waals surface area (Å²) < 4.78 is 19.5. The number of pyridine rings is 1. The summed E-state index contributed by atoms with van der Waals surface area (Å²) in [4.78, 5) is 19.7. The molecule has 0 spiro atoms. The molecule has 7 nitrogen and oxygen atoms in total. The van der Waals surface area contributed by atoms with Gasteiger partial charge in [0.25, 0.3) is 0 Å². The maximum absolute atomic E-state index is 14.0. The number of nitrogens with zero attached hydrogens (tertiary/aromatic N) is 1. The van der Waals surface area contributed by atoms with Crippen molar-refractivity contribution in [1.29, 1.82) is 0 Å². The number of hydrogen-bond donors (Lipinski definition) is 4. The Labute approximate surface area is 213 Å². The third-order valence-corrected chi connectivity index (χ3v) is 6.85. The van der Waals surface area contributed by atoms with Gasteiger partial charge < -0.3 is 25.3 Å². The fourth-order valence-electron chi connectivity index (χ4n) is 4.93. The number of aromatic amines is 1. The smallest absolute Gasteiger partial charge is 0.321 e. The number of carboxylic acid groups (broad SMARTS) is 1. The summed E-state index contributed by atoms with van der Waals surface area (Å²) in [6.07, 6.45) is 6.42. The third-order valence-electron chi connectivity index (χ3n) is 6.85. The molecule has 190 valence electrons. The molecule has 2 heterocycles. The van der Waals surface area contributed by atoms with Crippen molar-refractivity contribution in [3.63, 3.8) is 0 Å². The lowest BCUT2D eigenvalue weighted by Crippen LogP contribution is -2.45. The highest BCUT2D eigenvalue weighted by molar-refractivity contribution is 5.96. The first-order valence-electron chi connectivity index (χ1n) is 12.2. The SMILES string of the molecule is COc1ccc(F)cc1-c1ccnc2[nH]c(C3=CCC(N[C@@H](Cc4ccc(O)cc4)C(=O)O)CC3)cc12. The van der Waals surface area contributed by atoms with Crippen LogP contribution < -0.4 is 10.1 Å². The molecule has 1 aliphatic rings. The van der Waals surface area contributed by atoms with Crippen LogP contribution in [0.15, 0.2) is 66.9 Å². The van der Waals surface area contributed by atoms with Crippen molar-refractivity contribution < 1.29 is 24.1 Å². The molecule has 5 rings (SSSR count). The lowest BCUT2D eigenvalue weighted by Gasteiger charge is -2.26. The van der Waals surface area contributed by atoms with E-state index >= 15 is 0 Å². The van der Waals surface area contributed by atoms with Crippen molar-refractivity contribution in [3.8, 4) is 22.6 Å². The first-order valence-corrected chi connectivity index (χ1v) is 12.2. The van der Waals surface area contributed by atoms with Crippen LogP contribution in [0.2, 0.25) is 0 Å². The number of aliphatic carboxylic acids is 1. The number of nitrogens with one attached hydrogen (secondary N) is 2. The summed E-state index contributed by atoms with van der Waals surface area (Å²) in [5, 5.41) is 23.4. The number of fused-ring (bicyclic) bond motifs is 1. The molecule has 0 aliphatic heterocycles. The first-order chi connectivity index (χ1) is 17.9. The van der Waals surface area contributed by atoms with E-state index < -0.39 is 12.0 Å². The molecule has 0 radical (unpaired) electrons. The number of phenols is 1. The Balaban J connectivity index is 1.34. The van der Waals surface area contributed by atoms with Gasteiger partial charge in [-0.15, -0.1) is 0 Å². The molecule has 2 aromatic heterocycles. The minimum atomic E-state index is -0.898. The van der Waals surface area contributed by atoms with Crippen LogP contribution in [0.1, 0.15) is 30.5 Å². The molecule has 1 aliphatic carbocycles. The van der Waals surface area contributed by atoms with E-state index in [0.717, 1.165) is 40.6 Å². The highest BCUT2D eigenvalue weighted by Crippen LogP contribution is 2.37. The summed E-state index contributed by atoms with van der Waals surface area (Å²) in [6, 6.07) is 14.3. The average molecular weight is 502 g/mol. The van der Waals surface area contributed by atoms with Gasteiger partial charge in [-0.1, -0.05) is 18.2 Å². The molecule has 0 saturated heterocycles. The van der Waals surface area contributed by atoms with Crippen molar-refractivity contribution >= 4 is 22.6 Å². The predicted octanol–water partition coefficient (Wildman–Crippen LogP) is 5.30. The summed E-state index contributed by atoms with van der Waals surface area (Å²) in [7, 11) is 1.56. The van der Waals surface area contributed by atoms with Crippen molar-refractivity contribution in [3.05, 3.63) is 83.9 Å². The van der Waals surface area contributed by atoms with Gasteiger partial charge in [0.1, 0.15) is 29.0 Å². The largest absolute Gasteiger partial charge is 0.508 e. The second-order valence-corrected chi connectivity index (χ2v) is 9.28. The molecule has 0 amide bonds. The van der Waals surface area contributed by atoms with Crippen LogP contribution in [0, 0.1) is 5.82 Å². The Kier molecular flexibility index (Phi) is 6.92. The number of phenolic OH excluding ortho intramolecular Hbond substituents is 1. The lowest BCUT2D eigenvalue weighted by molar-refractivity contribution is -0.139. The summed E-state index contributed by atoms with van der Waals surface area (Å²) in [5.74, 6) is -0.495. The summed E-state index contributed by atoms with van der Waals surface area (Å²) >= 11 is 0. The van der Waals surface area contributed by atoms with Crippen LogP contribution in [0.4, 0.5) is 4.39 Å². The molecule has 2 atom stereocenters. The van der Waals surface area contributed by atoms with E-state index in [2.05, 4.69) is 21.4 Å². The number of aromatic nitrogens is 2. The Hall–Kier alpha value is -4.17.